The van der Waals surface area contributed by atoms with E-state index in [0.29, 0.717) is 0 Å². The molecule has 276 valence electrons. The zero-order valence-electron chi connectivity index (χ0n) is 32.5. The lowest BCUT2D eigenvalue weighted by Crippen LogP contribution is -2.43. The van der Waals surface area contributed by atoms with Gasteiger partial charge in [0.05, 0.1) is 10.8 Å². The summed E-state index contributed by atoms with van der Waals surface area (Å²) < 4.78 is 0. The molecule has 0 saturated heterocycles. The third kappa shape index (κ3) is 4.67. The maximum absolute atomic E-state index is 2.51. The van der Waals surface area contributed by atoms with E-state index >= 15 is 0 Å². The predicted octanol–water partition coefficient (Wildman–Crippen LogP) is 14.4. The molecule has 0 heterocycles. The Bertz CT molecular complexity index is 2970. The Labute approximate surface area is 345 Å². The van der Waals surface area contributed by atoms with Gasteiger partial charge in [0, 0.05) is 17.1 Å². The van der Waals surface area contributed by atoms with E-state index in [1.165, 1.54) is 72.3 Å². The van der Waals surface area contributed by atoms with Crippen LogP contribution in [-0.4, -0.2) is 0 Å². The van der Waals surface area contributed by atoms with Gasteiger partial charge in [-0.25, -0.2) is 0 Å². The second kappa shape index (κ2) is 13.0. The molecule has 1 nitrogen and oxygen atoms in total. The van der Waals surface area contributed by atoms with Crippen molar-refractivity contribution < 1.29 is 0 Å². The third-order valence-electron chi connectivity index (χ3n) is 13.1. The molecule has 0 fully saturated rings. The first-order valence-electron chi connectivity index (χ1n) is 20.6. The minimum Gasteiger partial charge on any atom is -0.311 e. The molecule has 1 heteroatoms. The summed E-state index contributed by atoms with van der Waals surface area (Å²) in [6, 6.07) is 83.1. The number of anilines is 3. The first kappa shape index (κ1) is 33.6. The highest BCUT2D eigenvalue weighted by atomic mass is 15.1. The number of para-hydroxylation sites is 2. The van der Waals surface area contributed by atoms with Crippen LogP contribution in [0.25, 0.3) is 34.4 Å². The molecule has 0 bridgehead atoms. The molecule has 3 aliphatic rings. The van der Waals surface area contributed by atoms with Gasteiger partial charge in [0.2, 0.25) is 0 Å². The van der Waals surface area contributed by atoms with E-state index in [9.17, 15) is 0 Å². The highest BCUT2D eigenvalue weighted by Gasteiger charge is 2.58. The molecule has 0 amide bonds. The lowest BCUT2D eigenvalue weighted by Gasteiger charge is -2.49. The van der Waals surface area contributed by atoms with Crippen molar-refractivity contribution in [2.24, 2.45) is 0 Å². The normalized spacial score (nSPS) is 14.3. The fraction of sp³-hybridized carbons (Fsp3) is 0.0345. The summed E-state index contributed by atoms with van der Waals surface area (Å²) in [7, 11) is 0. The van der Waals surface area contributed by atoms with E-state index in [4.69, 9.17) is 0 Å². The molecule has 0 aromatic heterocycles. The van der Waals surface area contributed by atoms with Crippen molar-refractivity contribution in [3.63, 3.8) is 0 Å². The van der Waals surface area contributed by atoms with Crippen LogP contribution in [0.3, 0.4) is 0 Å². The van der Waals surface area contributed by atoms with Crippen molar-refractivity contribution in [3.8, 4) is 22.3 Å². The van der Waals surface area contributed by atoms with Crippen molar-refractivity contribution in [2.75, 3.05) is 4.90 Å². The van der Waals surface area contributed by atoms with E-state index in [1.54, 1.807) is 0 Å². The lowest BCUT2D eigenvalue weighted by molar-refractivity contribution is 0.632. The van der Waals surface area contributed by atoms with Crippen molar-refractivity contribution >= 4 is 29.2 Å². The fourth-order valence-corrected chi connectivity index (χ4v) is 10.9. The molecule has 0 saturated carbocycles. The van der Waals surface area contributed by atoms with E-state index in [2.05, 4.69) is 242 Å². The van der Waals surface area contributed by atoms with Crippen LogP contribution >= 0.6 is 0 Å². The Kier molecular flexibility index (Phi) is 7.43. The van der Waals surface area contributed by atoms with Crippen LogP contribution in [0.1, 0.15) is 55.6 Å². The number of hydrogen-bond donors (Lipinski definition) is 0. The van der Waals surface area contributed by atoms with Crippen LogP contribution in [0.5, 0.6) is 0 Å². The van der Waals surface area contributed by atoms with Gasteiger partial charge >= 0.3 is 0 Å². The lowest BCUT2D eigenvalue weighted by atomic mass is 9.52. The van der Waals surface area contributed by atoms with Crippen molar-refractivity contribution in [3.05, 3.63) is 280 Å². The maximum Gasteiger partial charge on any atom is 0.0720 e. The van der Waals surface area contributed by atoms with Gasteiger partial charge in [-0.05, 0) is 120 Å². The second-order valence-electron chi connectivity index (χ2n) is 16.0. The largest absolute Gasteiger partial charge is 0.311 e. The summed E-state index contributed by atoms with van der Waals surface area (Å²) in [4.78, 5) is 2.31. The number of benzene rings is 9. The van der Waals surface area contributed by atoms with Crippen LogP contribution in [0.2, 0.25) is 0 Å². The van der Waals surface area contributed by atoms with E-state index in [1.807, 2.05) is 0 Å². The SMILES string of the molecule is C(=Cc1ccc2c(c1)C1(c3ccccc3-c3ccccc31)c1ccccc1C21c2ccccc2-c2ccccc21)c1ccc(N(c2ccccc2)c2ccccc2)cc1. The minimum atomic E-state index is -0.499. The standard InChI is InChI=1S/C58H39N/c1-3-17-42(18-4-1)59(43-19-5-2-6-20-43)44-36-33-40(34-37-44)31-32-41-35-38-55-56(39-41)58(51-27-13-9-23-47(51)48-24-10-14-28-52(48)58)54-30-16-15-29-53(54)57(55)49-25-11-7-21-45(49)46-22-8-12-26-50(46)57/h1-39H. The average Bonchev–Trinajstić information content (AvgIpc) is 3.77. The Morgan fingerprint density at radius 1 is 0.254 bits per heavy atom. The smallest absolute Gasteiger partial charge is 0.0720 e. The second-order valence-corrected chi connectivity index (χ2v) is 16.0. The number of hydrogen-bond acceptors (Lipinski definition) is 1. The highest BCUT2D eigenvalue weighted by molar-refractivity contribution is 5.94. The van der Waals surface area contributed by atoms with Crippen LogP contribution in [-0.2, 0) is 10.8 Å². The molecule has 59 heavy (non-hydrogen) atoms. The van der Waals surface area contributed by atoms with E-state index in [-0.39, 0.29) is 0 Å². The van der Waals surface area contributed by atoms with Crippen molar-refractivity contribution in [2.45, 2.75) is 10.8 Å². The Morgan fingerprint density at radius 3 is 1.03 bits per heavy atom. The summed E-state index contributed by atoms with van der Waals surface area (Å²) in [5.74, 6) is 0. The van der Waals surface area contributed by atoms with Crippen LogP contribution in [0.4, 0.5) is 17.1 Å². The first-order valence-corrected chi connectivity index (χ1v) is 20.6. The highest BCUT2D eigenvalue weighted by Crippen LogP contribution is 2.67. The first-order chi connectivity index (χ1) is 29.3. The topological polar surface area (TPSA) is 3.24 Å². The molecule has 9 aromatic carbocycles. The van der Waals surface area contributed by atoms with Crippen molar-refractivity contribution in [1.82, 2.24) is 0 Å². The maximum atomic E-state index is 2.51. The molecule has 0 unspecified atom stereocenters. The minimum absolute atomic E-state index is 0.474. The molecule has 0 aliphatic heterocycles. The summed E-state index contributed by atoms with van der Waals surface area (Å²) in [5, 5.41) is 0. The zero-order chi connectivity index (χ0) is 39.0. The van der Waals surface area contributed by atoms with Gasteiger partial charge in [0.15, 0.2) is 0 Å². The summed E-state index contributed by atoms with van der Waals surface area (Å²) in [6.45, 7) is 0. The molecule has 3 aliphatic carbocycles. The van der Waals surface area contributed by atoms with Gasteiger partial charge in [-0.15, -0.1) is 0 Å². The van der Waals surface area contributed by atoms with Gasteiger partial charge in [-0.1, -0.05) is 194 Å². The van der Waals surface area contributed by atoms with Gasteiger partial charge in [0.1, 0.15) is 0 Å². The van der Waals surface area contributed by atoms with Gasteiger partial charge in [-0.2, -0.15) is 0 Å². The summed E-state index contributed by atoms with van der Waals surface area (Å²) in [6.07, 6.45) is 4.56. The predicted molar refractivity (Wildman–Crippen MR) is 245 cm³/mol. The number of fused-ring (bicyclic) bond motifs is 16. The molecule has 0 atom stereocenters. The van der Waals surface area contributed by atoms with Crippen molar-refractivity contribution in [1.29, 1.82) is 0 Å². The molecule has 9 aromatic rings. The molecule has 2 spiro atoms. The zero-order valence-corrected chi connectivity index (χ0v) is 32.5. The number of rotatable bonds is 5. The number of nitrogens with zero attached hydrogens (tertiary/aromatic N) is 1. The van der Waals surface area contributed by atoms with Crippen LogP contribution < -0.4 is 4.90 Å². The van der Waals surface area contributed by atoms with Gasteiger partial charge in [0.25, 0.3) is 0 Å². The summed E-state index contributed by atoms with van der Waals surface area (Å²) >= 11 is 0. The molecule has 0 radical (unpaired) electrons. The van der Waals surface area contributed by atoms with Gasteiger partial charge < -0.3 is 4.90 Å². The molecule has 0 N–H and O–H groups in total. The Hall–Kier alpha value is -7.48. The molecule has 12 rings (SSSR count). The van der Waals surface area contributed by atoms with Gasteiger partial charge in [-0.3, -0.25) is 0 Å². The fourth-order valence-electron chi connectivity index (χ4n) is 10.9. The quantitative estimate of drug-likeness (QED) is 0.158. The van der Waals surface area contributed by atoms with Crippen LogP contribution in [0, 0.1) is 0 Å². The average molecular weight is 750 g/mol. The monoisotopic (exact) mass is 749 g/mol. The van der Waals surface area contributed by atoms with Crippen LogP contribution in [0.15, 0.2) is 224 Å². The van der Waals surface area contributed by atoms with E-state index < -0.39 is 10.8 Å². The summed E-state index contributed by atoms with van der Waals surface area (Å²) in [5.41, 5.74) is 20.8. The Balaban J connectivity index is 1.06. The Morgan fingerprint density at radius 2 is 0.576 bits per heavy atom. The molecular formula is C58H39N. The molecular weight excluding hydrogens is 711 g/mol. The van der Waals surface area contributed by atoms with E-state index in [0.717, 1.165) is 22.6 Å². The third-order valence-corrected chi connectivity index (χ3v) is 13.1.